The predicted octanol–water partition coefficient (Wildman–Crippen LogP) is 2.60. The summed E-state index contributed by atoms with van der Waals surface area (Å²) in [5.74, 6) is 0.537. The van der Waals surface area contributed by atoms with Gasteiger partial charge in [0.2, 0.25) is 0 Å². The van der Waals surface area contributed by atoms with E-state index in [1.807, 2.05) is 11.7 Å². The van der Waals surface area contributed by atoms with Gasteiger partial charge in [-0.2, -0.15) is 5.10 Å². The molecule has 1 heterocycles. The molecule has 1 aromatic heterocycles. The maximum atomic E-state index is 6.26. The highest BCUT2D eigenvalue weighted by molar-refractivity contribution is 6.21. The van der Waals surface area contributed by atoms with Crippen LogP contribution >= 0.6 is 11.6 Å². The Bertz CT molecular complexity index is 306. The largest absolute Gasteiger partial charge is 0.275 e. The van der Waals surface area contributed by atoms with Gasteiger partial charge < -0.3 is 0 Å². The first kappa shape index (κ1) is 9.07. The number of alkyl halides is 1. The van der Waals surface area contributed by atoms with Gasteiger partial charge in [-0.1, -0.05) is 6.42 Å². The van der Waals surface area contributed by atoms with Crippen molar-refractivity contribution >= 4 is 11.6 Å². The van der Waals surface area contributed by atoms with E-state index in [4.69, 9.17) is 11.6 Å². The maximum absolute atomic E-state index is 6.26. The molecule has 0 N–H and O–H groups in total. The molecule has 0 spiro atoms. The van der Waals surface area contributed by atoms with Gasteiger partial charge in [0.25, 0.3) is 0 Å². The second-order valence-corrected chi connectivity index (χ2v) is 4.46. The van der Waals surface area contributed by atoms with Crippen LogP contribution in [-0.4, -0.2) is 15.2 Å². The standard InChI is InChI=1S/C10H15ClN2/c1-7-9(6-13(2)12-7)8-4-3-5-10(8)11/h6,8,10H,3-5H2,1-2H3. The first-order valence-electron chi connectivity index (χ1n) is 4.82. The van der Waals surface area contributed by atoms with Crippen LogP contribution in [0.1, 0.15) is 36.4 Å². The summed E-state index contributed by atoms with van der Waals surface area (Å²) < 4.78 is 1.88. The van der Waals surface area contributed by atoms with E-state index in [0.29, 0.717) is 11.3 Å². The van der Waals surface area contributed by atoms with Crippen LogP contribution in [-0.2, 0) is 7.05 Å². The summed E-state index contributed by atoms with van der Waals surface area (Å²) >= 11 is 6.26. The molecule has 0 bridgehead atoms. The van der Waals surface area contributed by atoms with Gasteiger partial charge >= 0.3 is 0 Å². The van der Waals surface area contributed by atoms with Crippen LogP contribution < -0.4 is 0 Å². The quantitative estimate of drug-likeness (QED) is 0.635. The summed E-state index contributed by atoms with van der Waals surface area (Å²) in [6.07, 6.45) is 5.75. The molecule has 0 saturated heterocycles. The lowest BCUT2D eigenvalue weighted by Crippen LogP contribution is -2.05. The van der Waals surface area contributed by atoms with E-state index in [9.17, 15) is 0 Å². The lowest BCUT2D eigenvalue weighted by molar-refractivity contribution is 0.722. The summed E-state index contributed by atoms with van der Waals surface area (Å²) in [4.78, 5) is 0. The van der Waals surface area contributed by atoms with Crippen molar-refractivity contribution in [2.75, 3.05) is 0 Å². The molecule has 2 rings (SSSR count). The average Bonchev–Trinajstić information content (AvgIpc) is 2.58. The van der Waals surface area contributed by atoms with Crippen LogP contribution in [0.25, 0.3) is 0 Å². The Morgan fingerprint density at radius 1 is 1.54 bits per heavy atom. The number of hydrogen-bond acceptors (Lipinski definition) is 1. The Labute approximate surface area is 83.9 Å². The van der Waals surface area contributed by atoms with Gasteiger partial charge in [-0.15, -0.1) is 11.6 Å². The van der Waals surface area contributed by atoms with Crippen molar-refractivity contribution < 1.29 is 0 Å². The SMILES string of the molecule is Cc1nn(C)cc1C1CCCC1Cl. The van der Waals surface area contributed by atoms with Crippen LogP contribution in [0.5, 0.6) is 0 Å². The second-order valence-electron chi connectivity index (χ2n) is 3.90. The first-order chi connectivity index (χ1) is 6.18. The molecule has 0 aromatic carbocycles. The fourth-order valence-corrected chi connectivity index (χ4v) is 2.66. The third kappa shape index (κ3) is 1.60. The minimum atomic E-state index is 0.322. The van der Waals surface area contributed by atoms with Crippen molar-refractivity contribution in [3.8, 4) is 0 Å². The number of hydrogen-bond donors (Lipinski definition) is 0. The molecule has 1 saturated carbocycles. The summed E-state index contributed by atoms with van der Waals surface area (Å²) in [6, 6.07) is 0. The van der Waals surface area contributed by atoms with E-state index in [0.717, 1.165) is 12.1 Å². The summed E-state index contributed by atoms with van der Waals surface area (Å²) in [5, 5.41) is 4.67. The molecule has 0 aliphatic heterocycles. The zero-order chi connectivity index (χ0) is 9.42. The Morgan fingerprint density at radius 2 is 2.31 bits per heavy atom. The van der Waals surface area contributed by atoms with Crippen molar-refractivity contribution in [2.24, 2.45) is 7.05 Å². The van der Waals surface area contributed by atoms with E-state index >= 15 is 0 Å². The van der Waals surface area contributed by atoms with E-state index in [1.165, 1.54) is 18.4 Å². The predicted molar refractivity (Wildman–Crippen MR) is 54.2 cm³/mol. The lowest BCUT2D eigenvalue weighted by Gasteiger charge is -2.11. The summed E-state index contributed by atoms with van der Waals surface area (Å²) in [6.45, 7) is 2.07. The fourth-order valence-electron chi connectivity index (χ4n) is 2.25. The summed E-state index contributed by atoms with van der Waals surface area (Å²) in [7, 11) is 1.97. The third-order valence-electron chi connectivity index (χ3n) is 2.88. The van der Waals surface area contributed by atoms with Crippen LogP contribution in [0.4, 0.5) is 0 Å². The van der Waals surface area contributed by atoms with Crippen LogP contribution in [0.3, 0.4) is 0 Å². The van der Waals surface area contributed by atoms with Crippen LogP contribution in [0.2, 0.25) is 0 Å². The van der Waals surface area contributed by atoms with Crippen molar-refractivity contribution in [3.63, 3.8) is 0 Å². The Morgan fingerprint density at radius 3 is 2.77 bits per heavy atom. The van der Waals surface area contributed by atoms with Gasteiger partial charge in [0.05, 0.1) is 5.69 Å². The maximum Gasteiger partial charge on any atom is 0.0628 e. The minimum absolute atomic E-state index is 0.322. The minimum Gasteiger partial charge on any atom is -0.275 e. The molecule has 13 heavy (non-hydrogen) atoms. The molecule has 2 nitrogen and oxygen atoms in total. The molecule has 2 unspecified atom stereocenters. The van der Waals surface area contributed by atoms with Gasteiger partial charge in [0.1, 0.15) is 0 Å². The molecule has 1 aliphatic rings. The Kier molecular flexibility index (Phi) is 2.33. The number of aryl methyl sites for hydroxylation is 2. The molecule has 1 aromatic rings. The monoisotopic (exact) mass is 198 g/mol. The van der Waals surface area contributed by atoms with Gasteiger partial charge in [-0.3, -0.25) is 4.68 Å². The van der Waals surface area contributed by atoms with E-state index in [1.54, 1.807) is 0 Å². The molecule has 72 valence electrons. The second kappa shape index (κ2) is 3.33. The fraction of sp³-hybridized carbons (Fsp3) is 0.700. The molecule has 3 heteroatoms. The van der Waals surface area contributed by atoms with Crippen molar-refractivity contribution in [1.29, 1.82) is 0 Å². The highest BCUT2D eigenvalue weighted by Crippen LogP contribution is 2.38. The number of halogens is 1. The first-order valence-corrected chi connectivity index (χ1v) is 5.26. The number of nitrogens with zero attached hydrogens (tertiary/aromatic N) is 2. The normalized spacial score (nSPS) is 28.2. The molecule has 0 amide bonds. The number of rotatable bonds is 1. The smallest absolute Gasteiger partial charge is 0.0628 e. The van der Waals surface area contributed by atoms with Gasteiger partial charge in [-0.25, -0.2) is 0 Å². The van der Waals surface area contributed by atoms with Crippen molar-refractivity contribution in [1.82, 2.24) is 9.78 Å². The molecule has 2 atom stereocenters. The molecular formula is C10H15ClN2. The van der Waals surface area contributed by atoms with E-state index < -0.39 is 0 Å². The molecule has 1 aliphatic carbocycles. The molecular weight excluding hydrogens is 184 g/mol. The van der Waals surface area contributed by atoms with E-state index in [-0.39, 0.29) is 0 Å². The van der Waals surface area contributed by atoms with Crippen LogP contribution in [0.15, 0.2) is 6.20 Å². The van der Waals surface area contributed by atoms with Crippen LogP contribution in [0, 0.1) is 6.92 Å². The van der Waals surface area contributed by atoms with E-state index in [2.05, 4.69) is 18.2 Å². The lowest BCUT2D eigenvalue weighted by atomic mass is 9.98. The zero-order valence-corrected chi connectivity index (χ0v) is 8.88. The van der Waals surface area contributed by atoms with Gasteiger partial charge in [0.15, 0.2) is 0 Å². The highest BCUT2D eigenvalue weighted by Gasteiger charge is 2.28. The molecule has 1 fully saturated rings. The van der Waals surface area contributed by atoms with Gasteiger partial charge in [-0.05, 0) is 25.3 Å². The average molecular weight is 199 g/mol. The number of aromatic nitrogens is 2. The molecule has 0 radical (unpaired) electrons. The van der Waals surface area contributed by atoms with Gasteiger partial charge in [0, 0.05) is 24.5 Å². The summed E-state index contributed by atoms with van der Waals surface area (Å²) in [5.41, 5.74) is 2.49. The Hall–Kier alpha value is -0.500. The van der Waals surface area contributed by atoms with Crippen molar-refractivity contribution in [2.45, 2.75) is 37.5 Å². The highest BCUT2D eigenvalue weighted by atomic mass is 35.5. The topological polar surface area (TPSA) is 17.8 Å². The zero-order valence-electron chi connectivity index (χ0n) is 8.13. The Balaban J connectivity index is 2.28. The van der Waals surface area contributed by atoms with Crippen molar-refractivity contribution in [3.05, 3.63) is 17.5 Å². The third-order valence-corrected chi connectivity index (χ3v) is 3.40.